The van der Waals surface area contributed by atoms with E-state index in [2.05, 4.69) is 20.9 Å². The highest BCUT2D eigenvalue weighted by atomic mass is 79.9. The summed E-state index contributed by atoms with van der Waals surface area (Å²) in [4.78, 5) is 6.29. The highest BCUT2D eigenvalue weighted by Gasteiger charge is 2.08. The molecule has 0 unspecified atom stereocenters. The van der Waals surface area contributed by atoms with Gasteiger partial charge in [-0.3, -0.25) is 5.41 Å². The first-order valence-electron chi connectivity index (χ1n) is 5.38. The maximum absolute atomic E-state index is 7.36. The van der Waals surface area contributed by atoms with E-state index in [1.54, 1.807) is 6.20 Å². The van der Waals surface area contributed by atoms with E-state index in [0.717, 1.165) is 16.0 Å². The first-order valence-corrected chi connectivity index (χ1v) is 6.17. The molecule has 2 aromatic rings. The Morgan fingerprint density at radius 1 is 1.28 bits per heavy atom. The van der Waals surface area contributed by atoms with Gasteiger partial charge in [0.1, 0.15) is 11.7 Å². The molecule has 18 heavy (non-hydrogen) atoms. The van der Waals surface area contributed by atoms with E-state index in [9.17, 15) is 0 Å². The van der Waals surface area contributed by atoms with Gasteiger partial charge in [0.2, 0.25) is 0 Å². The molecule has 0 spiro atoms. The van der Waals surface area contributed by atoms with Gasteiger partial charge in [-0.05, 0) is 52.3 Å². The zero-order valence-electron chi connectivity index (χ0n) is 9.89. The number of hydrogen-bond donors (Lipinski definition) is 2. The summed E-state index contributed by atoms with van der Waals surface area (Å²) in [5, 5.41) is 7.36. The molecule has 0 atom stereocenters. The summed E-state index contributed by atoms with van der Waals surface area (Å²) in [6.07, 6.45) is 1.75. The zero-order valence-corrected chi connectivity index (χ0v) is 11.5. The average molecular weight is 305 g/mol. The minimum Gasteiger partial charge on any atom is -0.384 e. The minimum atomic E-state index is 0.0724. The second-order valence-electron chi connectivity index (χ2n) is 3.83. The number of nitrogens with two attached hydrogens (primary N) is 1. The Kier molecular flexibility index (Phi) is 3.62. The first kappa shape index (κ1) is 12.6. The van der Waals surface area contributed by atoms with Crippen LogP contribution in [0, 0.1) is 5.41 Å². The van der Waals surface area contributed by atoms with Crippen LogP contribution in [0.15, 0.2) is 47.1 Å². The molecule has 1 aromatic carbocycles. The van der Waals surface area contributed by atoms with Gasteiger partial charge in [-0.15, -0.1) is 0 Å². The van der Waals surface area contributed by atoms with Crippen molar-refractivity contribution in [2.45, 2.75) is 0 Å². The predicted molar refractivity (Wildman–Crippen MR) is 77.5 cm³/mol. The van der Waals surface area contributed by atoms with Gasteiger partial charge in [-0.25, -0.2) is 4.98 Å². The molecule has 0 saturated heterocycles. The van der Waals surface area contributed by atoms with Crippen LogP contribution < -0.4 is 10.6 Å². The lowest BCUT2D eigenvalue weighted by atomic mass is 10.2. The Hall–Kier alpha value is -1.88. The molecule has 0 fully saturated rings. The van der Waals surface area contributed by atoms with Crippen LogP contribution in [0.2, 0.25) is 0 Å². The zero-order chi connectivity index (χ0) is 13.1. The molecular formula is C13H13BrN4. The van der Waals surface area contributed by atoms with E-state index in [-0.39, 0.29) is 5.84 Å². The van der Waals surface area contributed by atoms with Crippen LogP contribution in [0.25, 0.3) is 0 Å². The number of amidine groups is 1. The summed E-state index contributed by atoms with van der Waals surface area (Å²) in [6, 6.07) is 11.3. The number of nitrogen functional groups attached to an aromatic ring is 1. The van der Waals surface area contributed by atoms with Crippen molar-refractivity contribution in [2.75, 3.05) is 11.9 Å². The van der Waals surface area contributed by atoms with Gasteiger partial charge in [0.15, 0.2) is 0 Å². The highest BCUT2D eigenvalue weighted by molar-refractivity contribution is 9.10. The molecule has 0 aliphatic heterocycles. The molecule has 0 aliphatic carbocycles. The van der Waals surface area contributed by atoms with E-state index in [4.69, 9.17) is 11.1 Å². The molecule has 0 radical (unpaired) electrons. The minimum absolute atomic E-state index is 0.0724. The second-order valence-corrected chi connectivity index (χ2v) is 4.68. The molecule has 0 aliphatic rings. The maximum atomic E-state index is 7.36. The lowest BCUT2D eigenvalue weighted by molar-refractivity contribution is 1.12. The Bertz CT molecular complexity index is 565. The van der Waals surface area contributed by atoms with Crippen molar-refractivity contribution in [3.63, 3.8) is 0 Å². The van der Waals surface area contributed by atoms with E-state index < -0.39 is 0 Å². The lowest BCUT2D eigenvalue weighted by Crippen LogP contribution is -2.13. The molecule has 92 valence electrons. The van der Waals surface area contributed by atoms with Gasteiger partial charge in [0.05, 0.1) is 4.47 Å². The summed E-state index contributed by atoms with van der Waals surface area (Å²) in [7, 11) is 1.94. The largest absolute Gasteiger partial charge is 0.384 e. The first-order chi connectivity index (χ1) is 8.59. The second kappa shape index (κ2) is 5.18. The van der Waals surface area contributed by atoms with Crippen LogP contribution in [0.1, 0.15) is 5.56 Å². The Labute approximate surface area is 114 Å². The molecule has 4 nitrogen and oxygen atoms in total. The van der Waals surface area contributed by atoms with Crippen LogP contribution >= 0.6 is 15.9 Å². The van der Waals surface area contributed by atoms with Gasteiger partial charge < -0.3 is 10.6 Å². The molecule has 1 aromatic heterocycles. The molecule has 2 rings (SSSR count). The summed E-state index contributed by atoms with van der Waals surface area (Å²) >= 11 is 3.47. The van der Waals surface area contributed by atoms with E-state index >= 15 is 0 Å². The van der Waals surface area contributed by atoms with Crippen molar-refractivity contribution >= 4 is 33.3 Å². The molecule has 3 N–H and O–H groups in total. The third kappa shape index (κ3) is 2.51. The quantitative estimate of drug-likeness (QED) is 0.677. The molecule has 0 bridgehead atoms. The van der Waals surface area contributed by atoms with Crippen molar-refractivity contribution < 1.29 is 0 Å². The predicted octanol–water partition coefficient (Wildman–Crippen LogP) is 2.90. The summed E-state index contributed by atoms with van der Waals surface area (Å²) < 4.78 is 0.933. The number of hydrogen-bond acceptors (Lipinski definition) is 3. The normalized spacial score (nSPS) is 10.1. The Balaban J connectivity index is 2.32. The van der Waals surface area contributed by atoms with Gasteiger partial charge in [-0.2, -0.15) is 0 Å². The number of nitrogens with zero attached hydrogens (tertiary/aromatic N) is 2. The number of anilines is 2. The number of aromatic nitrogens is 1. The summed E-state index contributed by atoms with van der Waals surface area (Å²) in [5.74, 6) is 0.913. The smallest absolute Gasteiger partial charge is 0.147 e. The van der Waals surface area contributed by atoms with Gasteiger partial charge in [-0.1, -0.05) is 0 Å². The van der Waals surface area contributed by atoms with Crippen LogP contribution in [0.3, 0.4) is 0 Å². The van der Waals surface area contributed by atoms with Crippen molar-refractivity contribution in [3.05, 3.63) is 52.6 Å². The van der Waals surface area contributed by atoms with Gasteiger partial charge >= 0.3 is 0 Å². The van der Waals surface area contributed by atoms with Crippen LogP contribution in [0.4, 0.5) is 11.5 Å². The van der Waals surface area contributed by atoms with Crippen molar-refractivity contribution in [2.24, 2.45) is 5.73 Å². The third-order valence-electron chi connectivity index (χ3n) is 2.62. The van der Waals surface area contributed by atoms with Crippen molar-refractivity contribution in [1.82, 2.24) is 4.98 Å². The van der Waals surface area contributed by atoms with E-state index in [0.29, 0.717) is 5.56 Å². The Morgan fingerprint density at radius 3 is 2.50 bits per heavy atom. The Morgan fingerprint density at radius 2 is 1.94 bits per heavy atom. The fourth-order valence-electron chi connectivity index (χ4n) is 1.61. The molecule has 0 amide bonds. The van der Waals surface area contributed by atoms with Crippen LogP contribution in [0.5, 0.6) is 0 Å². The van der Waals surface area contributed by atoms with Gasteiger partial charge in [0, 0.05) is 24.5 Å². The average Bonchev–Trinajstić information content (AvgIpc) is 2.38. The number of rotatable bonds is 3. The fourth-order valence-corrected chi connectivity index (χ4v) is 2.13. The summed E-state index contributed by atoms with van der Waals surface area (Å²) in [5.41, 5.74) is 7.13. The summed E-state index contributed by atoms with van der Waals surface area (Å²) in [6.45, 7) is 0. The third-order valence-corrected chi connectivity index (χ3v) is 3.24. The van der Waals surface area contributed by atoms with Crippen LogP contribution in [-0.2, 0) is 0 Å². The monoisotopic (exact) mass is 304 g/mol. The lowest BCUT2D eigenvalue weighted by Gasteiger charge is -2.19. The number of nitrogens with one attached hydrogen (secondary N) is 1. The molecular weight excluding hydrogens is 292 g/mol. The fraction of sp³-hybridized carbons (Fsp3) is 0.0769. The van der Waals surface area contributed by atoms with Crippen molar-refractivity contribution in [3.8, 4) is 0 Å². The standard InChI is InChI=1S/C13H13BrN4/c1-18(13-11(14)3-2-8-17-13)10-6-4-9(5-7-10)12(15)16/h2-8H,1H3,(H3,15,16). The topological polar surface area (TPSA) is 66.0 Å². The maximum Gasteiger partial charge on any atom is 0.147 e. The van der Waals surface area contributed by atoms with E-state index in [1.165, 1.54) is 0 Å². The number of pyridine rings is 1. The molecule has 5 heteroatoms. The molecule has 1 heterocycles. The van der Waals surface area contributed by atoms with Crippen LogP contribution in [-0.4, -0.2) is 17.9 Å². The van der Waals surface area contributed by atoms with Crippen molar-refractivity contribution in [1.29, 1.82) is 5.41 Å². The SMILES string of the molecule is CN(c1ccc(C(=N)N)cc1)c1ncccc1Br. The number of benzene rings is 1. The highest BCUT2D eigenvalue weighted by Crippen LogP contribution is 2.28. The van der Waals surface area contributed by atoms with E-state index in [1.807, 2.05) is 48.3 Å². The number of halogens is 1. The molecule has 0 saturated carbocycles. The van der Waals surface area contributed by atoms with Gasteiger partial charge in [0.25, 0.3) is 0 Å².